The minimum atomic E-state index is -0.0132. The molecule has 19 heavy (non-hydrogen) atoms. The molecule has 3 nitrogen and oxygen atoms in total. The van der Waals surface area contributed by atoms with Crippen molar-refractivity contribution < 1.29 is 4.79 Å². The third-order valence-corrected chi connectivity index (χ3v) is 4.08. The molecule has 1 saturated carbocycles. The first kappa shape index (κ1) is 16.5. The highest BCUT2D eigenvalue weighted by Crippen LogP contribution is 2.24. The lowest BCUT2D eigenvalue weighted by Crippen LogP contribution is -2.40. The predicted molar refractivity (Wildman–Crippen MR) is 80.9 cm³/mol. The highest BCUT2D eigenvalue weighted by molar-refractivity contribution is 5.76. The zero-order valence-electron chi connectivity index (χ0n) is 13.2. The van der Waals surface area contributed by atoms with E-state index in [0.717, 1.165) is 19.3 Å². The molecule has 0 spiro atoms. The van der Waals surface area contributed by atoms with Crippen LogP contribution >= 0.6 is 0 Å². The smallest absolute Gasteiger partial charge is 0.224 e. The van der Waals surface area contributed by atoms with Crippen LogP contribution in [0, 0.1) is 5.41 Å². The summed E-state index contributed by atoms with van der Waals surface area (Å²) in [5.74, 6) is 0.226. The third kappa shape index (κ3) is 6.42. The molecule has 0 heterocycles. The van der Waals surface area contributed by atoms with E-state index in [9.17, 15) is 4.79 Å². The van der Waals surface area contributed by atoms with E-state index in [-0.39, 0.29) is 17.4 Å². The van der Waals surface area contributed by atoms with Crippen molar-refractivity contribution in [2.75, 3.05) is 7.05 Å². The van der Waals surface area contributed by atoms with E-state index >= 15 is 0 Å². The van der Waals surface area contributed by atoms with Crippen LogP contribution in [0.5, 0.6) is 0 Å². The molecule has 0 aromatic rings. The molecule has 0 saturated heterocycles. The van der Waals surface area contributed by atoms with Gasteiger partial charge < -0.3 is 10.6 Å². The molecule has 0 radical (unpaired) electrons. The average Bonchev–Trinajstić information content (AvgIpc) is 2.53. The first-order valence-electron chi connectivity index (χ1n) is 7.81. The maximum atomic E-state index is 12.3. The maximum absolute atomic E-state index is 12.3. The standard InChI is InChI=1S/C16H32N2O/c1-16(2,3)12-13(17)11-15(19)18(4)14-9-7-5-6-8-10-14/h13-14H,5-12,17H2,1-4H3. The zero-order chi connectivity index (χ0) is 14.5. The molecular formula is C16H32N2O. The van der Waals surface area contributed by atoms with Crippen LogP contribution in [0.3, 0.4) is 0 Å². The van der Waals surface area contributed by atoms with Gasteiger partial charge in [-0.1, -0.05) is 46.5 Å². The van der Waals surface area contributed by atoms with Crippen LogP contribution < -0.4 is 5.73 Å². The molecule has 0 aromatic carbocycles. The van der Waals surface area contributed by atoms with Crippen molar-refractivity contribution >= 4 is 5.91 Å². The van der Waals surface area contributed by atoms with Gasteiger partial charge in [-0.3, -0.25) is 4.79 Å². The number of amides is 1. The average molecular weight is 268 g/mol. The fourth-order valence-corrected chi connectivity index (χ4v) is 3.08. The van der Waals surface area contributed by atoms with Crippen LogP contribution in [0.4, 0.5) is 0 Å². The number of hydrogen-bond donors (Lipinski definition) is 1. The van der Waals surface area contributed by atoms with Crippen LogP contribution in [0.1, 0.15) is 72.1 Å². The Balaban J connectivity index is 2.42. The van der Waals surface area contributed by atoms with E-state index in [1.165, 1.54) is 25.7 Å². The molecule has 1 atom stereocenters. The maximum Gasteiger partial charge on any atom is 0.224 e. The Bertz CT molecular complexity index is 275. The quantitative estimate of drug-likeness (QED) is 0.795. The minimum Gasteiger partial charge on any atom is -0.343 e. The lowest BCUT2D eigenvalue weighted by Gasteiger charge is -2.29. The number of rotatable bonds is 4. The number of nitrogens with zero attached hydrogens (tertiary/aromatic N) is 1. The van der Waals surface area contributed by atoms with E-state index in [1.54, 1.807) is 0 Å². The minimum absolute atomic E-state index is 0.0132. The third-order valence-electron chi connectivity index (χ3n) is 4.08. The van der Waals surface area contributed by atoms with Gasteiger partial charge in [-0.15, -0.1) is 0 Å². The predicted octanol–water partition coefficient (Wildman–Crippen LogP) is 3.32. The molecule has 1 amide bonds. The van der Waals surface area contributed by atoms with E-state index in [1.807, 2.05) is 11.9 Å². The molecule has 3 heteroatoms. The molecular weight excluding hydrogens is 236 g/mol. The highest BCUT2D eigenvalue weighted by atomic mass is 16.2. The topological polar surface area (TPSA) is 46.3 Å². The highest BCUT2D eigenvalue weighted by Gasteiger charge is 2.24. The molecule has 1 fully saturated rings. The Labute approximate surface area is 118 Å². The Hall–Kier alpha value is -0.570. The molecule has 0 aliphatic heterocycles. The Morgan fingerprint density at radius 1 is 1.21 bits per heavy atom. The second kappa shape index (κ2) is 7.28. The van der Waals surface area contributed by atoms with Crippen molar-refractivity contribution in [3.63, 3.8) is 0 Å². The zero-order valence-corrected chi connectivity index (χ0v) is 13.2. The molecule has 1 rings (SSSR count). The molecule has 112 valence electrons. The van der Waals surface area contributed by atoms with Crippen LogP contribution in [0.2, 0.25) is 0 Å². The molecule has 1 aliphatic rings. The number of carbonyl (C=O) groups is 1. The number of nitrogens with two attached hydrogens (primary N) is 1. The van der Waals surface area contributed by atoms with Gasteiger partial charge in [-0.2, -0.15) is 0 Å². The molecule has 0 bridgehead atoms. The van der Waals surface area contributed by atoms with Gasteiger partial charge in [0.05, 0.1) is 0 Å². The number of carbonyl (C=O) groups excluding carboxylic acids is 1. The van der Waals surface area contributed by atoms with Crippen molar-refractivity contribution in [2.24, 2.45) is 11.1 Å². The summed E-state index contributed by atoms with van der Waals surface area (Å²) in [7, 11) is 1.96. The van der Waals surface area contributed by atoms with E-state index < -0.39 is 0 Å². The van der Waals surface area contributed by atoms with Crippen molar-refractivity contribution in [3.8, 4) is 0 Å². The molecule has 1 aliphatic carbocycles. The first-order chi connectivity index (χ1) is 8.79. The van der Waals surface area contributed by atoms with Gasteiger partial charge in [-0.05, 0) is 24.7 Å². The summed E-state index contributed by atoms with van der Waals surface area (Å²) >= 11 is 0. The fraction of sp³-hybridized carbons (Fsp3) is 0.938. The monoisotopic (exact) mass is 268 g/mol. The largest absolute Gasteiger partial charge is 0.343 e. The van der Waals surface area contributed by atoms with Gasteiger partial charge in [0.2, 0.25) is 5.91 Å². The van der Waals surface area contributed by atoms with E-state index in [2.05, 4.69) is 20.8 Å². The lowest BCUT2D eigenvalue weighted by atomic mass is 9.87. The van der Waals surface area contributed by atoms with Crippen LogP contribution in [-0.2, 0) is 4.79 Å². The Morgan fingerprint density at radius 3 is 2.21 bits per heavy atom. The summed E-state index contributed by atoms with van der Waals surface area (Å²) in [6, 6.07) is 0.428. The summed E-state index contributed by atoms with van der Waals surface area (Å²) in [5.41, 5.74) is 6.31. The summed E-state index contributed by atoms with van der Waals surface area (Å²) in [4.78, 5) is 14.3. The van der Waals surface area contributed by atoms with Crippen molar-refractivity contribution in [3.05, 3.63) is 0 Å². The lowest BCUT2D eigenvalue weighted by molar-refractivity contribution is -0.132. The SMILES string of the molecule is CN(C(=O)CC(N)CC(C)(C)C)C1CCCCCC1. The summed E-state index contributed by atoms with van der Waals surface area (Å²) in [5, 5.41) is 0. The van der Waals surface area contributed by atoms with Crippen molar-refractivity contribution in [1.29, 1.82) is 0 Å². The van der Waals surface area contributed by atoms with Crippen molar-refractivity contribution in [1.82, 2.24) is 4.90 Å². The van der Waals surface area contributed by atoms with Gasteiger partial charge in [0.15, 0.2) is 0 Å². The Morgan fingerprint density at radius 2 is 1.74 bits per heavy atom. The van der Waals surface area contributed by atoms with E-state index in [4.69, 9.17) is 5.73 Å². The first-order valence-corrected chi connectivity index (χ1v) is 7.81. The Kier molecular flexibility index (Phi) is 6.31. The van der Waals surface area contributed by atoms with Crippen LogP contribution in [-0.4, -0.2) is 29.9 Å². The summed E-state index contributed by atoms with van der Waals surface area (Å²) in [6.45, 7) is 6.52. The second-order valence-electron chi connectivity index (χ2n) is 7.38. The van der Waals surface area contributed by atoms with Gasteiger partial charge in [0.25, 0.3) is 0 Å². The van der Waals surface area contributed by atoms with Crippen LogP contribution in [0.25, 0.3) is 0 Å². The van der Waals surface area contributed by atoms with Crippen molar-refractivity contribution in [2.45, 2.75) is 84.2 Å². The molecule has 1 unspecified atom stereocenters. The van der Waals surface area contributed by atoms with E-state index in [0.29, 0.717) is 12.5 Å². The van der Waals surface area contributed by atoms with Crippen LogP contribution in [0.15, 0.2) is 0 Å². The van der Waals surface area contributed by atoms with Gasteiger partial charge in [0, 0.05) is 25.6 Å². The normalized spacial score (nSPS) is 19.8. The fourth-order valence-electron chi connectivity index (χ4n) is 3.08. The molecule has 2 N–H and O–H groups in total. The molecule has 0 aromatic heterocycles. The number of hydrogen-bond acceptors (Lipinski definition) is 2. The second-order valence-corrected chi connectivity index (χ2v) is 7.38. The summed E-state index contributed by atoms with van der Waals surface area (Å²) in [6.07, 6.45) is 8.88. The van der Waals surface area contributed by atoms with Gasteiger partial charge in [0.1, 0.15) is 0 Å². The van der Waals surface area contributed by atoms with Gasteiger partial charge in [-0.25, -0.2) is 0 Å². The summed E-state index contributed by atoms with van der Waals surface area (Å²) < 4.78 is 0. The van der Waals surface area contributed by atoms with Gasteiger partial charge >= 0.3 is 0 Å².